The Morgan fingerprint density at radius 1 is 0.571 bits per heavy atom. The van der Waals surface area contributed by atoms with E-state index in [0.717, 1.165) is 24.2 Å². The van der Waals surface area contributed by atoms with Gasteiger partial charge in [-0.3, -0.25) is 0 Å². The van der Waals surface area contributed by atoms with Gasteiger partial charge in [-0.1, -0.05) is 97.8 Å². The molecular formula is C30H34FeN2O2. The number of benzene rings is 2. The molecule has 0 spiro atoms. The van der Waals surface area contributed by atoms with Crippen LogP contribution in [0.25, 0.3) is 0 Å². The molecule has 35 heavy (non-hydrogen) atoms. The summed E-state index contributed by atoms with van der Waals surface area (Å²) in [5.41, 5.74) is 1.69. The fraction of sp³-hybridized carbons (Fsp3) is 0.267. The summed E-state index contributed by atoms with van der Waals surface area (Å²) in [7, 11) is 0. The SMILES string of the molecule is C[C@@H](NC[C]1[CH][CH][CH][CH]1)[C@@H]([O-])c1ccccc1.C[C@@H](NC[C]1[CH][CH][CH][CH]1)[C@@H]([O-])c1ccccc1.[Fe+2]. The predicted octanol–water partition coefficient (Wildman–Crippen LogP) is 2.94. The first-order valence-electron chi connectivity index (χ1n) is 11.8. The van der Waals surface area contributed by atoms with Crippen LogP contribution in [0.4, 0.5) is 0 Å². The molecule has 0 aliphatic heterocycles. The Hall–Kier alpha value is -1.20. The van der Waals surface area contributed by atoms with Crippen molar-refractivity contribution in [1.82, 2.24) is 10.6 Å². The van der Waals surface area contributed by atoms with E-state index in [1.54, 1.807) is 0 Å². The van der Waals surface area contributed by atoms with Gasteiger partial charge in [0.05, 0.1) is 0 Å². The second-order valence-corrected chi connectivity index (χ2v) is 8.59. The maximum absolute atomic E-state index is 12.1. The van der Waals surface area contributed by atoms with Crippen LogP contribution >= 0.6 is 0 Å². The molecule has 4 atom stereocenters. The van der Waals surface area contributed by atoms with E-state index in [9.17, 15) is 10.2 Å². The molecule has 184 valence electrons. The van der Waals surface area contributed by atoms with Gasteiger partial charge in [-0.2, -0.15) is 0 Å². The van der Waals surface area contributed by atoms with E-state index in [4.69, 9.17) is 0 Å². The Morgan fingerprint density at radius 3 is 1.20 bits per heavy atom. The molecular weight excluding hydrogens is 476 g/mol. The summed E-state index contributed by atoms with van der Waals surface area (Å²) in [4.78, 5) is 0. The smallest absolute Gasteiger partial charge is 0.847 e. The van der Waals surface area contributed by atoms with Crippen molar-refractivity contribution in [3.05, 3.63) is 135 Å². The van der Waals surface area contributed by atoms with Gasteiger partial charge < -0.3 is 20.8 Å². The quantitative estimate of drug-likeness (QED) is 0.483. The molecule has 0 heterocycles. The van der Waals surface area contributed by atoms with E-state index in [0.29, 0.717) is 0 Å². The molecule has 2 aromatic rings. The standard InChI is InChI=1S/2C15H17NO.Fe/c2*1-12(16-11-13-7-5-6-8-13)15(17)14-9-3-2-4-10-14;/h2*2-10,12,15-16H,11H2,1H3;/q2*-1;+2/t2*12-,15-;/m11./s1. The van der Waals surface area contributed by atoms with E-state index in [1.807, 2.05) is 100 Å². The topological polar surface area (TPSA) is 70.2 Å². The van der Waals surface area contributed by atoms with Crippen molar-refractivity contribution >= 4 is 0 Å². The van der Waals surface area contributed by atoms with Crippen molar-refractivity contribution in [2.24, 2.45) is 0 Å². The Labute approximate surface area is 223 Å². The van der Waals surface area contributed by atoms with Crippen LogP contribution in [0.5, 0.6) is 0 Å². The molecule has 2 N–H and O–H groups in total. The van der Waals surface area contributed by atoms with Gasteiger partial charge in [0.25, 0.3) is 0 Å². The molecule has 0 bridgehead atoms. The Kier molecular flexibility index (Phi) is 14.2. The normalized spacial score (nSPS) is 19.8. The van der Waals surface area contributed by atoms with Crippen LogP contribution in [0.1, 0.15) is 37.2 Å². The van der Waals surface area contributed by atoms with E-state index in [1.165, 1.54) is 11.8 Å². The first-order valence-corrected chi connectivity index (χ1v) is 11.8. The summed E-state index contributed by atoms with van der Waals surface area (Å²) < 4.78 is 0. The van der Waals surface area contributed by atoms with Gasteiger partial charge in [-0.25, -0.2) is 0 Å². The van der Waals surface area contributed by atoms with Crippen molar-refractivity contribution in [3.63, 3.8) is 0 Å². The molecule has 4 nitrogen and oxygen atoms in total. The van der Waals surface area contributed by atoms with Crippen LogP contribution in [-0.2, 0) is 17.1 Å². The third kappa shape index (κ3) is 10.4. The Balaban J connectivity index is 0.000000240. The molecule has 0 unspecified atom stereocenters. The van der Waals surface area contributed by atoms with Crippen LogP contribution in [0.3, 0.4) is 0 Å². The maximum Gasteiger partial charge on any atom is 2.00 e. The van der Waals surface area contributed by atoms with Crippen LogP contribution < -0.4 is 20.8 Å². The number of nitrogens with one attached hydrogen (secondary N) is 2. The Morgan fingerprint density at radius 2 is 0.886 bits per heavy atom. The first kappa shape index (κ1) is 30.0. The molecule has 0 saturated heterocycles. The molecule has 2 aromatic carbocycles. The fourth-order valence-corrected chi connectivity index (χ4v) is 3.70. The number of rotatable bonds is 10. The van der Waals surface area contributed by atoms with E-state index < -0.39 is 12.2 Å². The average Bonchev–Trinajstić information content (AvgIpc) is 3.61. The molecule has 2 fully saturated rings. The van der Waals surface area contributed by atoms with E-state index in [-0.39, 0.29) is 29.2 Å². The maximum atomic E-state index is 12.1. The largest absolute Gasteiger partial charge is 2.00 e. The summed E-state index contributed by atoms with van der Waals surface area (Å²) in [5.74, 6) is 2.44. The molecule has 2 aliphatic rings. The molecule has 5 heteroatoms. The first-order chi connectivity index (χ1) is 16.5. The van der Waals surface area contributed by atoms with Crippen LogP contribution in [-0.4, -0.2) is 25.2 Å². The molecule has 0 aromatic heterocycles. The van der Waals surface area contributed by atoms with Gasteiger partial charge in [0.15, 0.2) is 0 Å². The third-order valence-corrected chi connectivity index (χ3v) is 5.88. The number of hydrogen-bond acceptors (Lipinski definition) is 4. The molecule has 2 saturated carbocycles. The summed E-state index contributed by atoms with van der Waals surface area (Å²) >= 11 is 0. The molecule has 2 aliphatic carbocycles. The second kappa shape index (κ2) is 16.5. The molecule has 4 rings (SSSR count). The zero-order valence-corrected chi connectivity index (χ0v) is 21.4. The van der Waals surface area contributed by atoms with Crippen LogP contribution in [0, 0.1) is 63.2 Å². The van der Waals surface area contributed by atoms with Gasteiger partial charge in [0.2, 0.25) is 0 Å². The number of hydrogen-bond donors (Lipinski definition) is 2. The van der Waals surface area contributed by atoms with E-state index in [2.05, 4.69) is 36.3 Å². The van der Waals surface area contributed by atoms with Crippen molar-refractivity contribution in [3.8, 4) is 0 Å². The summed E-state index contributed by atoms with van der Waals surface area (Å²) in [5, 5.41) is 30.8. The average molecular weight is 510 g/mol. The van der Waals surface area contributed by atoms with E-state index >= 15 is 0 Å². The third-order valence-electron chi connectivity index (χ3n) is 5.88. The van der Waals surface area contributed by atoms with Gasteiger partial charge >= 0.3 is 17.1 Å². The minimum absolute atomic E-state index is 0. The summed E-state index contributed by atoms with van der Waals surface area (Å²) in [6.45, 7) is 5.38. The fourth-order valence-electron chi connectivity index (χ4n) is 3.70. The van der Waals surface area contributed by atoms with Gasteiger partial charge in [-0.15, -0.1) is 0 Å². The summed E-state index contributed by atoms with van der Waals surface area (Å²) in [6.07, 6.45) is 14.8. The van der Waals surface area contributed by atoms with Gasteiger partial charge in [-0.05, 0) is 75.3 Å². The van der Waals surface area contributed by atoms with Crippen molar-refractivity contribution < 1.29 is 27.3 Å². The predicted molar refractivity (Wildman–Crippen MR) is 134 cm³/mol. The van der Waals surface area contributed by atoms with Crippen molar-refractivity contribution in [2.45, 2.75) is 38.1 Å². The van der Waals surface area contributed by atoms with Crippen LogP contribution in [0.2, 0.25) is 0 Å². The zero-order chi connectivity index (χ0) is 24.2. The van der Waals surface area contributed by atoms with Crippen molar-refractivity contribution in [2.75, 3.05) is 13.1 Å². The van der Waals surface area contributed by atoms with Crippen molar-refractivity contribution in [1.29, 1.82) is 0 Å². The Bertz CT molecular complexity index is 712. The minimum atomic E-state index is -0.717. The molecule has 0 amide bonds. The monoisotopic (exact) mass is 510 g/mol. The van der Waals surface area contributed by atoms with Gasteiger partial charge in [0.1, 0.15) is 0 Å². The second-order valence-electron chi connectivity index (χ2n) is 8.59. The molecule has 10 radical (unpaired) electrons. The van der Waals surface area contributed by atoms with Crippen LogP contribution in [0.15, 0.2) is 60.7 Å². The van der Waals surface area contributed by atoms with Gasteiger partial charge in [0, 0.05) is 13.1 Å². The summed E-state index contributed by atoms with van der Waals surface area (Å²) in [6, 6.07) is 18.9. The minimum Gasteiger partial charge on any atom is -0.847 e. The zero-order valence-electron chi connectivity index (χ0n) is 20.3.